The minimum atomic E-state index is -1.29. The van der Waals surface area contributed by atoms with Crippen LogP contribution in [0.1, 0.15) is 10.4 Å². The number of carbonyl (C=O) groups excluding carboxylic acids is 2. The summed E-state index contributed by atoms with van der Waals surface area (Å²) in [5.74, 6) is -2.65. The van der Waals surface area contributed by atoms with Crippen LogP contribution in [-0.4, -0.2) is 16.8 Å². The molecule has 0 aliphatic rings. The Balaban J connectivity index is 2.74. The van der Waals surface area contributed by atoms with Crippen LogP contribution in [0.4, 0.5) is 0 Å². The molecule has 0 aromatic heterocycles. The molecule has 0 radical (unpaired) electrons. The van der Waals surface area contributed by atoms with Crippen LogP contribution in [0.5, 0.6) is 0 Å². The number of benzene rings is 1. The van der Waals surface area contributed by atoms with Gasteiger partial charge in [-0.05, 0) is 12.1 Å². The summed E-state index contributed by atoms with van der Waals surface area (Å²) in [5, 5.41) is 11.0. The monoisotopic (exact) mass is 247 g/mol. The fraction of sp³-hybridized carbons (Fsp3) is 0.0909. The SMILES string of the molecule is N#CC(C(N)=O)C(=S)NC(=O)c1ccccc1. The number of thiocarbonyl (C=S) groups is 1. The molecule has 2 amide bonds. The van der Waals surface area contributed by atoms with Gasteiger partial charge in [-0.15, -0.1) is 0 Å². The second-order valence-electron chi connectivity index (χ2n) is 3.15. The Bertz CT molecular complexity index is 493. The molecule has 1 rings (SSSR count). The predicted molar refractivity (Wildman–Crippen MR) is 64.8 cm³/mol. The van der Waals surface area contributed by atoms with Crippen molar-refractivity contribution in [3.63, 3.8) is 0 Å². The van der Waals surface area contributed by atoms with Crippen LogP contribution in [0.2, 0.25) is 0 Å². The lowest BCUT2D eigenvalue weighted by Crippen LogP contribution is -2.39. The minimum absolute atomic E-state index is 0.186. The van der Waals surface area contributed by atoms with Gasteiger partial charge in [0.1, 0.15) is 4.99 Å². The Morgan fingerprint density at radius 1 is 1.35 bits per heavy atom. The van der Waals surface area contributed by atoms with Crippen molar-refractivity contribution in [3.8, 4) is 6.07 Å². The van der Waals surface area contributed by atoms with Crippen molar-refractivity contribution in [3.05, 3.63) is 35.9 Å². The number of primary amides is 1. The summed E-state index contributed by atoms with van der Waals surface area (Å²) >= 11 is 4.77. The number of nitrogens with zero attached hydrogens (tertiary/aromatic N) is 1. The first kappa shape index (κ1) is 12.8. The quantitative estimate of drug-likeness (QED) is 0.754. The Morgan fingerprint density at radius 2 is 1.94 bits per heavy atom. The fourth-order valence-electron chi connectivity index (χ4n) is 1.10. The van der Waals surface area contributed by atoms with E-state index in [4.69, 9.17) is 23.2 Å². The van der Waals surface area contributed by atoms with E-state index in [1.54, 1.807) is 36.4 Å². The van der Waals surface area contributed by atoms with Crippen molar-refractivity contribution in [1.82, 2.24) is 5.32 Å². The first-order chi connectivity index (χ1) is 8.06. The number of amides is 2. The van der Waals surface area contributed by atoms with Crippen LogP contribution in [0, 0.1) is 17.2 Å². The van der Waals surface area contributed by atoms with E-state index in [1.807, 2.05) is 0 Å². The molecule has 0 saturated heterocycles. The molecule has 86 valence electrons. The van der Waals surface area contributed by atoms with Gasteiger partial charge >= 0.3 is 0 Å². The topological polar surface area (TPSA) is 96.0 Å². The molecule has 0 saturated carbocycles. The Kier molecular flexibility index (Phi) is 4.31. The second kappa shape index (κ2) is 5.72. The van der Waals surface area contributed by atoms with E-state index in [0.29, 0.717) is 5.56 Å². The zero-order valence-electron chi connectivity index (χ0n) is 8.71. The molecule has 0 bridgehead atoms. The molecule has 17 heavy (non-hydrogen) atoms. The second-order valence-corrected chi connectivity index (χ2v) is 3.59. The molecule has 0 aliphatic carbocycles. The van der Waals surface area contributed by atoms with Gasteiger partial charge in [-0.25, -0.2) is 0 Å². The first-order valence-electron chi connectivity index (χ1n) is 4.65. The average Bonchev–Trinajstić information content (AvgIpc) is 2.30. The van der Waals surface area contributed by atoms with E-state index in [0.717, 1.165) is 0 Å². The van der Waals surface area contributed by atoms with E-state index in [-0.39, 0.29) is 4.99 Å². The van der Waals surface area contributed by atoms with Gasteiger partial charge < -0.3 is 11.1 Å². The summed E-state index contributed by atoms with van der Waals surface area (Å²) in [7, 11) is 0. The summed E-state index contributed by atoms with van der Waals surface area (Å²) in [6.07, 6.45) is 0. The lowest BCUT2D eigenvalue weighted by Gasteiger charge is -2.08. The van der Waals surface area contributed by atoms with Gasteiger partial charge in [0.25, 0.3) is 5.91 Å². The standard InChI is InChI=1S/C11H9N3O2S/c12-6-8(9(13)15)11(17)14-10(16)7-4-2-1-3-5-7/h1-5,8H,(H2,13,15)(H,14,16,17). The molecule has 1 aromatic rings. The highest BCUT2D eigenvalue weighted by atomic mass is 32.1. The molecule has 0 fully saturated rings. The summed E-state index contributed by atoms with van der Waals surface area (Å²) in [4.78, 5) is 22.3. The van der Waals surface area contributed by atoms with Gasteiger partial charge in [0.05, 0.1) is 6.07 Å². The molecule has 5 nitrogen and oxygen atoms in total. The zero-order chi connectivity index (χ0) is 12.8. The van der Waals surface area contributed by atoms with Crippen LogP contribution in [0.25, 0.3) is 0 Å². The summed E-state index contributed by atoms with van der Waals surface area (Å²) in [6, 6.07) is 9.94. The van der Waals surface area contributed by atoms with Crippen molar-refractivity contribution >= 4 is 29.0 Å². The van der Waals surface area contributed by atoms with E-state index < -0.39 is 17.7 Å². The highest BCUT2D eigenvalue weighted by molar-refractivity contribution is 7.80. The molecule has 0 aliphatic heterocycles. The molecule has 0 spiro atoms. The molecule has 1 aromatic carbocycles. The summed E-state index contributed by atoms with van der Waals surface area (Å²) in [6.45, 7) is 0. The third-order valence-electron chi connectivity index (χ3n) is 1.95. The van der Waals surface area contributed by atoms with Gasteiger partial charge in [-0.2, -0.15) is 5.26 Å². The van der Waals surface area contributed by atoms with Gasteiger partial charge in [0, 0.05) is 5.56 Å². The zero-order valence-corrected chi connectivity index (χ0v) is 9.53. The van der Waals surface area contributed by atoms with Gasteiger partial charge in [-0.3, -0.25) is 9.59 Å². The van der Waals surface area contributed by atoms with Crippen LogP contribution in [0.3, 0.4) is 0 Å². The Labute approximate surface area is 103 Å². The molecule has 6 heteroatoms. The fourth-order valence-corrected chi connectivity index (χ4v) is 1.36. The molecule has 0 heterocycles. The summed E-state index contributed by atoms with van der Waals surface area (Å²) in [5.41, 5.74) is 5.35. The lowest BCUT2D eigenvalue weighted by atomic mass is 10.1. The number of nitrogens with one attached hydrogen (secondary N) is 1. The molecular weight excluding hydrogens is 238 g/mol. The van der Waals surface area contributed by atoms with E-state index in [2.05, 4.69) is 5.32 Å². The average molecular weight is 247 g/mol. The Morgan fingerprint density at radius 3 is 2.41 bits per heavy atom. The third kappa shape index (κ3) is 3.36. The maximum atomic E-state index is 11.6. The molecular formula is C11H9N3O2S. The van der Waals surface area contributed by atoms with E-state index >= 15 is 0 Å². The molecule has 1 atom stereocenters. The number of nitrogens with two attached hydrogens (primary N) is 1. The van der Waals surface area contributed by atoms with Gasteiger partial charge in [0.2, 0.25) is 5.91 Å². The lowest BCUT2D eigenvalue weighted by molar-refractivity contribution is -0.118. The van der Waals surface area contributed by atoms with E-state index in [9.17, 15) is 9.59 Å². The number of carbonyl (C=O) groups is 2. The van der Waals surface area contributed by atoms with Crippen molar-refractivity contribution in [2.75, 3.05) is 0 Å². The predicted octanol–water partition coefficient (Wildman–Crippen LogP) is 0.369. The van der Waals surface area contributed by atoms with E-state index in [1.165, 1.54) is 0 Å². The molecule has 3 N–H and O–H groups in total. The summed E-state index contributed by atoms with van der Waals surface area (Å²) < 4.78 is 0. The van der Waals surface area contributed by atoms with Crippen molar-refractivity contribution in [1.29, 1.82) is 5.26 Å². The van der Waals surface area contributed by atoms with Gasteiger partial charge in [0.15, 0.2) is 5.92 Å². The Hall–Kier alpha value is -2.26. The van der Waals surface area contributed by atoms with Crippen LogP contribution in [-0.2, 0) is 4.79 Å². The maximum absolute atomic E-state index is 11.6. The maximum Gasteiger partial charge on any atom is 0.256 e. The largest absolute Gasteiger partial charge is 0.368 e. The number of hydrogen-bond acceptors (Lipinski definition) is 4. The first-order valence-corrected chi connectivity index (χ1v) is 5.06. The van der Waals surface area contributed by atoms with Crippen LogP contribution < -0.4 is 11.1 Å². The van der Waals surface area contributed by atoms with Gasteiger partial charge in [-0.1, -0.05) is 30.4 Å². The van der Waals surface area contributed by atoms with Crippen LogP contribution in [0.15, 0.2) is 30.3 Å². The minimum Gasteiger partial charge on any atom is -0.368 e. The molecule has 1 unspecified atom stereocenters. The van der Waals surface area contributed by atoms with Crippen molar-refractivity contribution < 1.29 is 9.59 Å². The number of nitriles is 1. The third-order valence-corrected chi connectivity index (χ3v) is 2.29. The normalized spacial score (nSPS) is 11.0. The van der Waals surface area contributed by atoms with Crippen molar-refractivity contribution in [2.24, 2.45) is 11.7 Å². The highest BCUT2D eigenvalue weighted by Gasteiger charge is 2.21. The number of rotatable bonds is 3. The smallest absolute Gasteiger partial charge is 0.256 e. The van der Waals surface area contributed by atoms with Crippen molar-refractivity contribution in [2.45, 2.75) is 0 Å². The number of hydrogen-bond donors (Lipinski definition) is 2. The highest BCUT2D eigenvalue weighted by Crippen LogP contribution is 2.01. The van der Waals surface area contributed by atoms with Crippen LogP contribution >= 0.6 is 12.2 Å².